The molecule has 0 amide bonds. The molecule has 0 bridgehead atoms. The third-order valence-corrected chi connectivity index (χ3v) is 1.81. The summed E-state index contributed by atoms with van der Waals surface area (Å²) in [5.74, 6) is -0.522. The summed E-state index contributed by atoms with van der Waals surface area (Å²) < 4.78 is 12.7. The van der Waals surface area contributed by atoms with Crippen LogP contribution < -0.4 is 0 Å². The molecule has 0 saturated carbocycles. The highest BCUT2D eigenvalue weighted by Crippen LogP contribution is 2.15. The van der Waals surface area contributed by atoms with Gasteiger partial charge in [-0.3, -0.25) is 4.79 Å². The fourth-order valence-corrected chi connectivity index (χ4v) is 0.944. The Kier molecular flexibility index (Phi) is 2.57. The molecule has 1 rings (SSSR count). The van der Waals surface area contributed by atoms with Crippen molar-refractivity contribution in [2.45, 2.75) is 0 Å². The largest absolute Gasteiger partial charge is 0.274 e. The number of rotatable bonds is 1. The molecule has 2 nitrogen and oxygen atoms in total. The van der Waals surface area contributed by atoms with Crippen LogP contribution in [-0.2, 0) is 0 Å². The van der Waals surface area contributed by atoms with Gasteiger partial charge in [0.15, 0.2) is 5.82 Å². The van der Waals surface area contributed by atoms with Crippen LogP contribution in [0, 0.1) is 5.82 Å². The Morgan fingerprint density at radius 2 is 2.36 bits per heavy atom. The van der Waals surface area contributed by atoms with Crippen LogP contribution in [0.2, 0.25) is 0 Å². The minimum atomic E-state index is -0.703. The normalized spacial score (nSPS) is 9.73. The van der Waals surface area contributed by atoms with Crippen LogP contribution in [0.15, 0.2) is 16.7 Å². The Morgan fingerprint density at radius 1 is 1.73 bits per heavy atom. The van der Waals surface area contributed by atoms with E-state index in [1.165, 1.54) is 6.07 Å². The molecule has 0 aliphatic carbocycles. The van der Waals surface area contributed by atoms with E-state index in [0.717, 1.165) is 6.20 Å². The molecule has 58 valence electrons. The number of hydrogen-bond acceptors (Lipinski definition) is 2. The van der Waals surface area contributed by atoms with Crippen LogP contribution in [0.4, 0.5) is 4.39 Å². The van der Waals surface area contributed by atoms with Crippen molar-refractivity contribution in [3.63, 3.8) is 0 Å². The van der Waals surface area contributed by atoms with Crippen LogP contribution in [0.1, 0.15) is 10.5 Å². The molecule has 1 aromatic rings. The predicted molar refractivity (Wildman–Crippen MR) is 42.1 cm³/mol. The summed E-state index contributed by atoms with van der Waals surface area (Å²) in [5.41, 5.74) is 0.0277. The molecule has 1 aromatic heterocycles. The number of carbonyl (C=O) groups excluding carboxylic acids is 1. The second kappa shape index (κ2) is 3.28. The number of halogens is 3. The molecule has 0 unspecified atom stereocenters. The molecule has 5 heteroatoms. The summed E-state index contributed by atoms with van der Waals surface area (Å²) in [5, 5.41) is -0.703. The molecule has 11 heavy (non-hydrogen) atoms. The SMILES string of the molecule is O=C(Cl)c1cc(Br)c(F)cn1. The Labute approximate surface area is 75.5 Å². The summed E-state index contributed by atoms with van der Waals surface area (Å²) in [6, 6.07) is 1.23. The number of aromatic nitrogens is 1. The number of nitrogens with zero attached hydrogens (tertiary/aromatic N) is 1. The van der Waals surface area contributed by atoms with Crippen molar-refractivity contribution in [1.29, 1.82) is 0 Å². The molecule has 0 aliphatic heterocycles. The quantitative estimate of drug-likeness (QED) is 0.703. The Balaban J connectivity index is 3.15. The monoisotopic (exact) mass is 237 g/mol. The van der Waals surface area contributed by atoms with Gasteiger partial charge in [-0.15, -0.1) is 0 Å². The Morgan fingerprint density at radius 3 is 2.82 bits per heavy atom. The zero-order chi connectivity index (χ0) is 8.43. The molecule has 0 aliphatic rings. The van der Waals surface area contributed by atoms with Crippen LogP contribution in [-0.4, -0.2) is 10.2 Å². The van der Waals surface area contributed by atoms with E-state index < -0.39 is 11.1 Å². The van der Waals surface area contributed by atoms with Gasteiger partial charge in [-0.05, 0) is 33.6 Å². The van der Waals surface area contributed by atoms with Gasteiger partial charge in [0.2, 0.25) is 0 Å². The average molecular weight is 238 g/mol. The molecular weight excluding hydrogens is 236 g/mol. The maximum atomic E-state index is 12.5. The molecule has 0 aromatic carbocycles. The maximum Gasteiger partial charge on any atom is 0.270 e. The number of carbonyl (C=O) groups is 1. The highest BCUT2D eigenvalue weighted by molar-refractivity contribution is 9.10. The van der Waals surface area contributed by atoms with E-state index in [9.17, 15) is 9.18 Å². The zero-order valence-corrected chi connectivity index (χ0v) is 7.49. The summed E-state index contributed by atoms with van der Waals surface area (Å²) >= 11 is 7.97. The van der Waals surface area contributed by atoms with Gasteiger partial charge in [-0.2, -0.15) is 0 Å². The highest BCUT2D eigenvalue weighted by atomic mass is 79.9. The van der Waals surface area contributed by atoms with Crippen molar-refractivity contribution in [2.24, 2.45) is 0 Å². The second-order valence-corrected chi connectivity index (χ2v) is 2.95. The first-order valence-electron chi connectivity index (χ1n) is 2.62. The van der Waals surface area contributed by atoms with Gasteiger partial charge in [0.25, 0.3) is 5.24 Å². The first-order valence-corrected chi connectivity index (χ1v) is 3.79. The average Bonchev–Trinajstić information content (AvgIpc) is 1.94. The van der Waals surface area contributed by atoms with Crippen molar-refractivity contribution in [3.05, 3.63) is 28.2 Å². The van der Waals surface area contributed by atoms with Crippen molar-refractivity contribution >= 4 is 32.8 Å². The Hall–Kier alpha value is -0.480. The molecule has 0 fully saturated rings. The third-order valence-electron chi connectivity index (χ3n) is 1.01. The van der Waals surface area contributed by atoms with Crippen molar-refractivity contribution in [1.82, 2.24) is 4.98 Å². The summed E-state index contributed by atoms with van der Waals surface area (Å²) in [6.45, 7) is 0. The van der Waals surface area contributed by atoms with E-state index in [4.69, 9.17) is 11.6 Å². The predicted octanol–water partition coefficient (Wildman–Crippen LogP) is 2.36. The summed E-state index contributed by atoms with van der Waals surface area (Å²) in [6.07, 6.45) is 0.930. The highest BCUT2D eigenvalue weighted by Gasteiger charge is 2.06. The molecule has 0 saturated heterocycles. The maximum absolute atomic E-state index is 12.5. The van der Waals surface area contributed by atoms with E-state index in [2.05, 4.69) is 20.9 Å². The van der Waals surface area contributed by atoms with Crippen LogP contribution in [0.3, 0.4) is 0 Å². The number of hydrogen-bond donors (Lipinski definition) is 0. The molecular formula is C6H2BrClFNO. The first-order chi connectivity index (χ1) is 5.11. The second-order valence-electron chi connectivity index (χ2n) is 1.76. The lowest BCUT2D eigenvalue weighted by atomic mass is 10.4. The van der Waals surface area contributed by atoms with Gasteiger partial charge in [0.05, 0.1) is 10.7 Å². The molecule has 1 heterocycles. The topological polar surface area (TPSA) is 30.0 Å². The molecule has 0 radical (unpaired) electrons. The van der Waals surface area contributed by atoms with Gasteiger partial charge >= 0.3 is 0 Å². The van der Waals surface area contributed by atoms with E-state index in [-0.39, 0.29) is 10.2 Å². The zero-order valence-electron chi connectivity index (χ0n) is 5.14. The lowest BCUT2D eigenvalue weighted by molar-refractivity contribution is 0.107. The van der Waals surface area contributed by atoms with Gasteiger partial charge in [-0.25, -0.2) is 9.37 Å². The third kappa shape index (κ3) is 1.97. The van der Waals surface area contributed by atoms with Gasteiger partial charge in [0, 0.05) is 0 Å². The number of pyridine rings is 1. The summed E-state index contributed by atoms with van der Waals surface area (Å²) in [4.78, 5) is 13.9. The smallest absolute Gasteiger partial charge is 0.270 e. The molecule has 0 spiro atoms. The van der Waals surface area contributed by atoms with Crippen LogP contribution in [0.25, 0.3) is 0 Å². The first kappa shape index (κ1) is 8.62. The van der Waals surface area contributed by atoms with Gasteiger partial charge < -0.3 is 0 Å². The minimum Gasteiger partial charge on any atom is -0.274 e. The molecule has 0 N–H and O–H groups in total. The van der Waals surface area contributed by atoms with E-state index in [1.54, 1.807) is 0 Å². The Bertz CT molecular complexity index is 305. The molecule has 0 atom stereocenters. The van der Waals surface area contributed by atoms with Crippen LogP contribution in [0.5, 0.6) is 0 Å². The van der Waals surface area contributed by atoms with Crippen molar-refractivity contribution in [3.8, 4) is 0 Å². The lowest BCUT2D eigenvalue weighted by Crippen LogP contribution is -1.94. The van der Waals surface area contributed by atoms with Crippen molar-refractivity contribution < 1.29 is 9.18 Å². The van der Waals surface area contributed by atoms with Gasteiger partial charge in [0.1, 0.15) is 5.69 Å². The van der Waals surface area contributed by atoms with Crippen LogP contribution >= 0.6 is 27.5 Å². The van der Waals surface area contributed by atoms with E-state index >= 15 is 0 Å². The lowest BCUT2D eigenvalue weighted by Gasteiger charge is -1.94. The van der Waals surface area contributed by atoms with E-state index in [1.807, 2.05) is 0 Å². The summed E-state index contributed by atoms with van der Waals surface area (Å²) in [7, 11) is 0. The fourth-order valence-electron chi connectivity index (χ4n) is 0.522. The minimum absolute atomic E-state index is 0.0277. The standard InChI is InChI=1S/C6H2BrClFNO/c7-3-1-5(6(8)11)10-2-4(3)9/h1-2H. The van der Waals surface area contributed by atoms with Gasteiger partial charge in [-0.1, -0.05) is 0 Å². The van der Waals surface area contributed by atoms with E-state index in [0.29, 0.717) is 0 Å². The van der Waals surface area contributed by atoms with Crippen molar-refractivity contribution in [2.75, 3.05) is 0 Å². The fraction of sp³-hybridized carbons (Fsp3) is 0.